The Kier molecular flexibility index (Phi) is 7.99. The third kappa shape index (κ3) is 5.55. The molecule has 4 aromatic carbocycles. The Hall–Kier alpha value is -6.31. The van der Waals surface area contributed by atoms with Gasteiger partial charge < -0.3 is 14.1 Å². The average molecular weight is 939 g/mol. The molecular weight excluding hydrogens is 902 g/mol. The molecule has 0 aliphatic heterocycles. The number of nitrogens with zero attached hydrogens (tertiary/aromatic N) is 7. The largest absolute Gasteiger partial charge is 2.00 e. The van der Waals surface area contributed by atoms with Crippen LogP contribution in [0.4, 0.5) is 0 Å². The summed E-state index contributed by atoms with van der Waals surface area (Å²) < 4.78 is 19.6. The van der Waals surface area contributed by atoms with E-state index in [1.165, 1.54) is 11.1 Å². The molecule has 0 amide bonds. The molecule has 11 aromatic rings. The minimum absolute atomic E-state index is 0. The zero-order valence-electron chi connectivity index (χ0n) is 32.7. The van der Waals surface area contributed by atoms with Crippen LogP contribution in [0.3, 0.4) is 0 Å². The Labute approximate surface area is 348 Å². The Morgan fingerprint density at radius 3 is 2.24 bits per heavy atom. The molecule has 7 heterocycles. The number of rotatable bonds is 4. The second-order valence-corrected chi connectivity index (χ2v) is 16.8. The molecule has 0 saturated carbocycles. The summed E-state index contributed by atoms with van der Waals surface area (Å²) in [4.78, 5) is 20.1. The average Bonchev–Trinajstić information content (AvgIpc) is 3.95. The van der Waals surface area contributed by atoms with E-state index in [4.69, 9.17) is 29.1 Å². The van der Waals surface area contributed by atoms with Gasteiger partial charge in [-0.1, -0.05) is 95.1 Å². The first kappa shape index (κ1) is 36.1. The van der Waals surface area contributed by atoms with Crippen LogP contribution in [0.1, 0.15) is 52.7 Å². The number of hydrogen-bond acceptors (Lipinski definition) is 6. The fraction of sp³-hybridized carbons (Fsp3) is 0.167. The molecule has 286 valence electrons. The molecule has 11 rings (SSSR count). The molecular formula is C48H37N7O2Pt. The normalized spacial score (nSPS) is 12.5. The van der Waals surface area contributed by atoms with Gasteiger partial charge in [-0.25, -0.2) is 9.97 Å². The Bertz CT molecular complexity index is 3400. The summed E-state index contributed by atoms with van der Waals surface area (Å²) in [5, 5.41) is 1.76. The van der Waals surface area contributed by atoms with Gasteiger partial charge in [0.25, 0.3) is 0 Å². The van der Waals surface area contributed by atoms with Crippen molar-refractivity contribution in [3.63, 3.8) is 0 Å². The third-order valence-electron chi connectivity index (χ3n) is 10.9. The van der Waals surface area contributed by atoms with Crippen molar-refractivity contribution in [1.82, 2.24) is 33.3 Å². The quantitative estimate of drug-likeness (QED) is 0.163. The van der Waals surface area contributed by atoms with Crippen molar-refractivity contribution in [3.05, 3.63) is 139 Å². The number of benzene rings is 4. The van der Waals surface area contributed by atoms with Gasteiger partial charge in [-0.3, -0.25) is 13.4 Å². The smallest absolute Gasteiger partial charge is 0.476 e. The van der Waals surface area contributed by atoms with Gasteiger partial charge in [0.2, 0.25) is 11.7 Å². The van der Waals surface area contributed by atoms with Crippen LogP contribution in [0, 0.1) is 12.1 Å². The van der Waals surface area contributed by atoms with E-state index in [0.29, 0.717) is 28.4 Å². The van der Waals surface area contributed by atoms with Crippen LogP contribution in [-0.2, 0) is 31.9 Å². The first-order valence-electron chi connectivity index (χ1n) is 19.1. The summed E-state index contributed by atoms with van der Waals surface area (Å²) >= 11 is 0. The maximum Gasteiger partial charge on any atom is 2.00 e. The molecule has 0 spiro atoms. The molecule has 0 saturated heterocycles. The number of hydrogen-bond donors (Lipinski definition) is 0. The summed E-state index contributed by atoms with van der Waals surface area (Å²) in [6.07, 6.45) is 3.82. The molecule has 0 atom stereocenters. The summed E-state index contributed by atoms with van der Waals surface area (Å²) in [5.41, 5.74) is 12.4. The molecule has 7 aromatic heterocycles. The molecule has 0 radical (unpaired) electrons. The van der Waals surface area contributed by atoms with Gasteiger partial charge >= 0.3 is 21.1 Å². The van der Waals surface area contributed by atoms with E-state index in [0.717, 1.165) is 66.7 Å². The standard InChI is InChI=1S/C48H37N7O2.Pt/c1-47(2,3)28-14-17-30(18-15-28)54-44-37(55-36-13-8-7-12-34(36)51-46(54)55)20-21-41(52-44)56-31-26-32(33-11-9-10-23-49-33)42-40(27-31)57-39-22-24-53-38-25-29(48(4,5)6)16-19-35(38)50-45(53)43(39)42;/h7-17,19-25,27H,1-6H3;/q-2;+2. The maximum absolute atomic E-state index is 6.62. The minimum atomic E-state index is -0.00920. The minimum Gasteiger partial charge on any atom is -0.476 e. The summed E-state index contributed by atoms with van der Waals surface area (Å²) in [6, 6.07) is 41.7. The zero-order chi connectivity index (χ0) is 38.8. The molecule has 0 bridgehead atoms. The van der Waals surface area contributed by atoms with Gasteiger partial charge in [-0.15, -0.1) is 11.6 Å². The van der Waals surface area contributed by atoms with Gasteiger partial charge in [0.15, 0.2) is 5.65 Å². The van der Waals surface area contributed by atoms with Crippen molar-refractivity contribution in [2.75, 3.05) is 0 Å². The van der Waals surface area contributed by atoms with Crippen molar-refractivity contribution in [2.45, 2.75) is 52.4 Å². The topological polar surface area (TPSA) is 87.7 Å². The van der Waals surface area contributed by atoms with Crippen LogP contribution >= 0.6 is 0 Å². The van der Waals surface area contributed by atoms with E-state index in [9.17, 15) is 0 Å². The van der Waals surface area contributed by atoms with E-state index in [2.05, 4.69) is 105 Å². The van der Waals surface area contributed by atoms with E-state index >= 15 is 0 Å². The monoisotopic (exact) mass is 938 g/mol. The van der Waals surface area contributed by atoms with Gasteiger partial charge in [-0.05, 0) is 64.5 Å². The van der Waals surface area contributed by atoms with Gasteiger partial charge in [-0.2, -0.15) is 28.7 Å². The number of fused-ring (bicyclic) bond motifs is 12. The predicted molar refractivity (Wildman–Crippen MR) is 226 cm³/mol. The molecule has 0 aliphatic carbocycles. The molecule has 0 N–H and O–H groups in total. The number of imidazole rings is 3. The Morgan fingerprint density at radius 2 is 1.47 bits per heavy atom. The molecule has 9 nitrogen and oxygen atoms in total. The van der Waals surface area contributed by atoms with E-state index < -0.39 is 0 Å². The number of ether oxygens (including phenoxy) is 1. The first-order valence-corrected chi connectivity index (χ1v) is 19.1. The van der Waals surface area contributed by atoms with Crippen LogP contribution in [0.2, 0.25) is 0 Å². The summed E-state index contributed by atoms with van der Waals surface area (Å²) in [7, 11) is 0. The third-order valence-corrected chi connectivity index (χ3v) is 10.9. The van der Waals surface area contributed by atoms with Crippen LogP contribution in [0.5, 0.6) is 11.6 Å². The maximum atomic E-state index is 6.62. The van der Waals surface area contributed by atoms with Gasteiger partial charge in [0, 0.05) is 23.8 Å². The number of para-hydroxylation sites is 2. The molecule has 0 unspecified atom stereocenters. The van der Waals surface area contributed by atoms with Crippen LogP contribution in [0.25, 0.3) is 83.5 Å². The second-order valence-electron chi connectivity index (χ2n) is 16.8. The Balaban J connectivity index is 0.00000408. The van der Waals surface area contributed by atoms with Gasteiger partial charge in [0.05, 0.1) is 38.9 Å². The van der Waals surface area contributed by atoms with E-state index in [-0.39, 0.29) is 31.9 Å². The van der Waals surface area contributed by atoms with Crippen LogP contribution in [0.15, 0.2) is 120 Å². The second kappa shape index (κ2) is 12.8. The summed E-state index contributed by atoms with van der Waals surface area (Å²) in [5.74, 6) is 1.59. The fourth-order valence-corrected chi connectivity index (χ4v) is 7.96. The Morgan fingerprint density at radius 1 is 0.672 bits per heavy atom. The predicted octanol–water partition coefficient (Wildman–Crippen LogP) is 11.6. The number of furan rings is 1. The number of pyridine rings is 3. The van der Waals surface area contributed by atoms with Crippen molar-refractivity contribution in [1.29, 1.82) is 0 Å². The van der Waals surface area contributed by atoms with Crippen molar-refractivity contribution < 1.29 is 30.2 Å². The number of aromatic nitrogens is 7. The van der Waals surface area contributed by atoms with Crippen molar-refractivity contribution >= 4 is 66.6 Å². The van der Waals surface area contributed by atoms with E-state index in [1.54, 1.807) is 6.20 Å². The molecule has 0 fully saturated rings. The van der Waals surface area contributed by atoms with Gasteiger partial charge in [0.1, 0.15) is 11.2 Å². The summed E-state index contributed by atoms with van der Waals surface area (Å²) in [6.45, 7) is 13.3. The van der Waals surface area contributed by atoms with E-state index in [1.807, 2.05) is 71.4 Å². The zero-order valence-corrected chi connectivity index (χ0v) is 35.0. The van der Waals surface area contributed by atoms with Crippen molar-refractivity contribution in [3.8, 4) is 28.6 Å². The van der Waals surface area contributed by atoms with Crippen LogP contribution in [-0.4, -0.2) is 33.3 Å². The molecule has 10 heteroatoms. The van der Waals surface area contributed by atoms with Crippen LogP contribution < -0.4 is 4.74 Å². The molecule has 58 heavy (non-hydrogen) atoms. The fourth-order valence-electron chi connectivity index (χ4n) is 7.96. The van der Waals surface area contributed by atoms with Crippen molar-refractivity contribution in [2.24, 2.45) is 0 Å². The molecule has 0 aliphatic rings. The first-order chi connectivity index (χ1) is 27.5. The SMILES string of the molecule is CC(C)(C)c1c[c-]c(-n2c3nc(Oc4[c-]c(-c5ccccn5)c5c(c4)oc4ccn6c7cc(C(C)(C)C)ccc7nc6c45)ccc3n3c4ccccc4nc23)cc1.[Pt+2].